The third kappa shape index (κ3) is 4.05. The maximum Gasteiger partial charge on any atom is 0.242 e. The van der Waals surface area contributed by atoms with Gasteiger partial charge in [0.05, 0.1) is 6.10 Å². The van der Waals surface area contributed by atoms with Gasteiger partial charge in [0.25, 0.3) is 0 Å². The highest BCUT2D eigenvalue weighted by Gasteiger charge is 2.30. The summed E-state index contributed by atoms with van der Waals surface area (Å²) in [5, 5.41) is 9.51. The second-order valence-electron chi connectivity index (χ2n) is 6.63. The van der Waals surface area contributed by atoms with Gasteiger partial charge in [-0.2, -0.15) is 0 Å². The number of carbonyl (C=O) groups is 1. The van der Waals surface area contributed by atoms with Crippen LogP contribution in [0.4, 0.5) is 0 Å². The average molecular weight is 343 g/mol. The van der Waals surface area contributed by atoms with E-state index < -0.39 is 12.1 Å². The van der Waals surface area contributed by atoms with Gasteiger partial charge in [0.2, 0.25) is 5.91 Å². The summed E-state index contributed by atoms with van der Waals surface area (Å²) in [6.07, 6.45) is 8.29. The molecule has 0 bridgehead atoms. The Bertz CT molecular complexity index is 693. The Kier molecular flexibility index (Phi) is 5.45. The van der Waals surface area contributed by atoms with Gasteiger partial charge in [-0.05, 0) is 37.5 Å². The Balaban J connectivity index is 1.62. The molecule has 0 aromatic carbocycles. The topological polar surface area (TPSA) is 97.3 Å². The van der Waals surface area contributed by atoms with E-state index in [1.54, 1.807) is 24.2 Å². The van der Waals surface area contributed by atoms with Crippen molar-refractivity contribution in [2.75, 3.05) is 13.1 Å². The summed E-state index contributed by atoms with van der Waals surface area (Å²) in [7, 11) is 0. The van der Waals surface area contributed by atoms with Crippen LogP contribution in [0.25, 0.3) is 0 Å². The highest BCUT2D eigenvalue weighted by Crippen LogP contribution is 2.27. The molecule has 1 saturated heterocycles. The Morgan fingerprint density at radius 2 is 2.00 bits per heavy atom. The van der Waals surface area contributed by atoms with E-state index in [9.17, 15) is 9.90 Å². The SMILES string of the molecule is CC(O)C(N)C(=O)N1CCC(c2nccn2Cc2ccncc2)CC1. The monoisotopic (exact) mass is 343 g/mol. The van der Waals surface area contributed by atoms with Crippen molar-refractivity contribution in [2.45, 2.75) is 44.4 Å². The van der Waals surface area contributed by atoms with E-state index in [2.05, 4.69) is 14.5 Å². The number of aromatic nitrogens is 3. The number of hydrogen-bond acceptors (Lipinski definition) is 5. The zero-order valence-corrected chi connectivity index (χ0v) is 14.5. The van der Waals surface area contributed by atoms with Crippen molar-refractivity contribution in [1.82, 2.24) is 19.4 Å². The molecule has 3 N–H and O–H groups in total. The maximum absolute atomic E-state index is 12.3. The van der Waals surface area contributed by atoms with Gasteiger partial charge in [0.1, 0.15) is 11.9 Å². The lowest BCUT2D eigenvalue weighted by molar-refractivity contribution is -0.135. The molecule has 0 spiro atoms. The number of aliphatic hydroxyl groups is 1. The number of pyridine rings is 1. The molecule has 2 aromatic rings. The van der Waals surface area contributed by atoms with Gasteiger partial charge < -0.3 is 20.3 Å². The van der Waals surface area contributed by atoms with E-state index in [4.69, 9.17) is 5.73 Å². The van der Waals surface area contributed by atoms with Crippen LogP contribution in [0.5, 0.6) is 0 Å². The van der Waals surface area contributed by atoms with Crippen LogP contribution in [0.2, 0.25) is 0 Å². The van der Waals surface area contributed by atoms with Crippen molar-refractivity contribution in [1.29, 1.82) is 0 Å². The standard InChI is InChI=1S/C18H25N5O2/c1-13(24)16(19)18(25)22-9-4-15(5-10-22)17-21-8-11-23(17)12-14-2-6-20-7-3-14/h2-3,6-8,11,13,15-16,24H,4-5,9-10,12,19H2,1H3. The third-order valence-corrected chi connectivity index (χ3v) is 4.83. The molecule has 1 fully saturated rings. The van der Waals surface area contributed by atoms with E-state index in [1.165, 1.54) is 5.56 Å². The number of nitrogens with two attached hydrogens (primary N) is 1. The molecule has 7 nitrogen and oxygen atoms in total. The summed E-state index contributed by atoms with van der Waals surface area (Å²) in [4.78, 5) is 22.6. The highest BCUT2D eigenvalue weighted by atomic mass is 16.3. The lowest BCUT2D eigenvalue weighted by Crippen LogP contribution is -2.51. The lowest BCUT2D eigenvalue weighted by atomic mass is 9.95. The van der Waals surface area contributed by atoms with Gasteiger partial charge in [-0.3, -0.25) is 9.78 Å². The number of amides is 1. The van der Waals surface area contributed by atoms with Crippen molar-refractivity contribution in [3.05, 3.63) is 48.3 Å². The predicted molar refractivity (Wildman–Crippen MR) is 93.8 cm³/mol. The molecule has 7 heteroatoms. The van der Waals surface area contributed by atoms with Gasteiger partial charge in [0.15, 0.2) is 0 Å². The number of nitrogens with zero attached hydrogens (tertiary/aromatic N) is 4. The van der Waals surface area contributed by atoms with Gasteiger partial charge in [-0.1, -0.05) is 0 Å². The van der Waals surface area contributed by atoms with Crippen molar-refractivity contribution in [2.24, 2.45) is 5.73 Å². The minimum absolute atomic E-state index is 0.173. The maximum atomic E-state index is 12.3. The normalized spacial score (nSPS) is 18.1. The first-order chi connectivity index (χ1) is 12.1. The first-order valence-corrected chi connectivity index (χ1v) is 8.68. The summed E-state index contributed by atoms with van der Waals surface area (Å²) in [5.41, 5.74) is 6.95. The van der Waals surface area contributed by atoms with E-state index in [0.29, 0.717) is 19.0 Å². The Morgan fingerprint density at radius 1 is 1.32 bits per heavy atom. The molecule has 2 atom stereocenters. The summed E-state index contributed by atoms with van der Waals surface area (Å²) in [6.45, 7) is 3.60. The molecule has 3 heterocycles. The van der Waals surface area contributed by atoms with Crippen LogP contribution in [-0.2, 0) is 11.3 Å². The number of piperidine rings is 1. The Labute approximate surface area is 147 Å². The van der Waals surface area contributed by atoms with Crippen LogP contribution in [0.1, 0.15) is 37.1 Å². The quantitative estimate of drug-likeness (QED) is 0.834. The number of imidazole rings is 1. The van der Waals surface area contributed by atoms with Crippen molar-refractivity contribution < 1.29 is 9.90 Å². The summed E-state index contributed by atoms with van der Waals surface area (Å²) < 4.78 is 2.17. The average Bonchev–Trinajstić information content (AvgIpc) is 3.09. The minimum atomic E-state index is -0.842. The summed E-state index contributed by atoms with van der Waals surface area (Å²) in [5.74, 6) is 1.21. The smallest absolute Gasteiger partial charge is 0.242 e. The lowest BCUT2D eigenvalue weighted by Gasteiger charge is -2.34. The molecule has 2 aromatic heterocycles. The van der Waals surface area contributed by atoms with Gasteiger partial charge >= 0.3 is 0 Å². The Morgan fingerprint density at radius 3 is 2.64 bits per heavy atom. The molecule has 2 unspecified atom stereocenters. The zero-order valence-electron chi connectivity index (χ0n) is 14.5. The van der Waals surface area contributed by atoms with E-state index in [-0.39, 0.29) is 5.91 Å². The number of rotatable bonds is 5. The molecular weight excluding hydrogens is 318 g/mol. The van der Waals surface area contributed by atoms with E-state index in [1.807, 2.05) is 24.5 Å². The molecule has 0 aliphatic carbocycles. The second kappa shape index (κ2) is 7.76. The largest absolute Gasteiger partial charge is 0.391 e. The number of carbonyl (C=O) groups excluding carboxylic acids is 1. The van der Waals surface area contributed by atoms with Gasteiger partial charge in [-0.15, -0.1) is 0 Å². The molecule has 0 radical (unpaired) electrons. The molecule has 1 aliphatic rings. The molecule has 1 aliphatic heterocycles. The number of likely N-dealkylation sites (tertiary alicyclic amines) is 1. The first-order valence-electron chi connectivity index (χ1n) is 8.68. The van der Waals surface area contributed by atoms with Crippen LogP contribution < -0.4 is 5.73 Å². The van der Waals surface area contributed by atoms with Crippen molar-refractivity contribution in [3.8, 4) is 0 Å². The minimum Gasteiger partial charge on any atom is -0.391 e. The van der Waals surface area contributed by atoms with Crippen LogP contribution in [0, 0.1) is 0 Å². The van der Waals surface area contributed by atoms with Crippen LogP contribution in [0.15, 0.2) is 36.9 Å². The van der Waals surface area contributed by atoms with Gasteiger partial charge in [-0.25, -0.2) is 4.98 Å². The fourth-order valence-corrected chi connectivity index (χ4v) is 3.27. The fraction of sp³-hybridized carbons (Fsp3) is 0.500. The van der Waals surface area contributed by atoms with Crippen LogP contribution in [-0.4, -0.2) is 55.7 Å². The van der Waals surface area contributed by atoms with E-state index >= 15 is 0 Å². The predicted octanol–water partition coefficient (Wildman–Crippen LogP) is 0.741. The Hall–Kier alpha value is -2.25. The zero-order chi connectivity index (χ0) is 17.8. The fourth-order valence-electron chi connectivity index (χ4n) is 3.27. The van der Waals surface area contributed by atoms with Crippen LogP contribution >= 0.6 is 0 Å². The molecule has 134 valence electrons. The summed E-state index contributed by atoms with van der Waals surface area (Å²) >= 11 is 0. The van der Waals surface area contributed by atoms with Crippen LogP contribution in [0.3, 0.4) is 0 Å². The summed E-state index contributed by atoms with van der Waals surface area (Å²) in [6, 6.07) is 3.16. The third-order valence-electron chi connectivity index (χ3n) is 4.83. The molecule has 25 heavy (non-hydrogen) atoms. The van der Waals surface area contributed by atoms with Crippen molar-refractivity contribution >= 4 is 5.91 Å². The van der Waals surface area contributed by atoms with Crippen molar-refractivity contribution in [3.63, 3.8) is 0 Å². The number of hydrogen-bond donors (Lipinski definition) is 2. The number of aliphatic hydroxyl groups excluding tert-OH is 1. The first kappa shape index (κ1) is 17.6. The molecule has 1 amide bonds. The molecular formula is C18H25N5O2. The molecule has 3 rings (SSSR count). The highest BCUT2D eigenvalue weighted by molar-refractivity contribution is 5.82. The second-order valence-corrected chi connectivity index (χ2v) is 6.63. The van der Waals surface area contributed by atoms with Gasteiger partial charge in [0, 0.05) is 50.3 Å². The molecule has 0 saturated carbocycles. The van der Waals surface area contributed by atoms with E-state index in [0.717, 1.165) is 25.2 Å².